The minimum Gasteiger partial charge on any atom is -0.467 e. The van der Waals surface area contributed by atoms with Gasteiger partial charge in [-0.15, -0.1) is 0 Å². The minimum atomic E-state index is -0.655. The lowest BCUT2D eigenvalue weighted by atomic mass is 9.79. The fourth-order valence-electron chi connectivity index (χ4n) is 3.63. The lowest BCUT2D eigenvalue weighted by Gasteiger charge is -2.30. The highest BCUT2D eigenvalue weighted by atomic mass is 32.2. The van der Waals surface area contributed by atoms with Crippen LogP contribution in [0.1, 0.15) is 25.7 Å². The van der Waals surface area contributed by atoms with Crippen molar-refractivity contribution in [2.75, 3.05) is 12.9 Å². The number of amides is 1. The molecule has 1 heterocycles. The SMILES string of the molecule is COC(=O)[C@@H]1CSC(=S)N1C(=O)C[C@@H]1CC=CC[C@@H]1CC(=O)Sc1ccccc1. The van der Waals surface area contributed by atoms with E-state index in [0.29, 0.717) is 16.5 Å². The van der Waals surface area contributed by atoms with E-state index in [4.69, 9.17) is 17.0 Å². The molecule has 3 rings (SSSR count). The van der Waals surface area contributed by atoms with E-state index in [0.717, 1.165) is 17.7 Å². The zero-order chi connectivity index (χ0) is 20.8. The van der Waals surface area contributed by atoms with Crippen molar-refractivity contribution in [2.45, 2.75) is 36.6 Å². The third kappa shape index (κ3) is 5.71. The van der Waals surface area contributed by atoms with Gasteiger partial charge in [0.2, 0.25) is 5.91 Å². The molecule has 0 unspecified atom stereocenters. The molecule has 0 bridgehead atoms. The Kier molecular flexibility index (Phi) is 7.91. The van der Waals surface area contributed by atoms with Crippen LogP contribution in [-0.4, -0.2) is 45.1 Å². The minimum absolute atomic E-state index is 0.0551. The number of ether oxygens (including phenoxy) is 1. The first kappa shape index (κ1) is 22.1. The fourth-order valence-corrected chi connectivity index (χ4v) is 5.87. The maximum absolute atomic E-state index is 13.0. The summed E-state index contributed by atoms with van der Waals surface area (Å²) < 4.78 is 5.24. The molecular formula is C21H23NO4S3. The van der Waals surface area contributed by atoms with Crippen molar-refractivity contribution in [2.24, 2.45) is 11.8 Å². The Morgan fingerprint density at radius 2 is 1.79 bits per heavy atom. The van der Waals surface area contributed by atoms with Gasteiger partial charge in [0, 0.05) is 23.5 Å². The second kappa shape index (κ2) is 10.4. The van der Waals surface area contributed by atoms with E-state index < -0.39 is 12.0 Å². The van der Waals surface area contributed by atoms with E-state index in [1.807, 2.05) is 30.3 Å². The number of methoxy groups -OCH3 is 1. The molecule has 5 nitrogen and oxygen atoms in total. The van der Waals surface area contributed by atoms with Gasteiger partial charge in [-0.1, -0.05) is 66.1 Å². The van der Waals surface area contributed by atoms with E-state index in [1.54, 1.807) is 0 Å². The Bertz CT molecular complexity index is 811. The largest absolute Gasteiger partial charge is 0.467 e. The molecule has 0 N–H and O–H groups in total. The summed E-state index contributed by atoms with van der Waals surface area (Å²) in [6.07, 6.45) is 6.36. The maximum Gasteiger partial charge on any atom is 0.329 e. The molecule has 1 amide bonds. The van der Waals surface area contributed by atoms with Crippen LogP contribution in [-0.2, 0) is 19.1 Å². The van der Waals surface area contributed by atoms with Gasteiger partial charge >= 0.3 is 5.97 Å². The van der Waals surface area contributed by atoms with Crippen LogP contribution in [0.15, 0.2) is 47.4 Å². The molecule has 0 spiro atoms. The number of thioether (sulfide) groups is 2. The summed E-state index contributed by atoms with van der Waals surface area (Å²) in [7, 11) is 1.31. The predicted molar refractivity (Wildman–Crippen MR) is 120 cm³/mol. The van der Waals surface area contributed by atoms with Crippen LogP contribution in [0.3, 0.4) is 0 Å². The lowest BCUT2D eigenvalue weighted by Crippen LogP contribution is -2.45. The van der Waals surface area contributed by atoms with Crippen LogP contribution in [0.2, 0.25) is 0 Å². The Morgan fingerprint density at radius 3 is 2.45 bits per heavy atom. The van der Waals surface area contributed by atoms with E-state index in [9.17, 15) is 14.4 Å². The summed E-state index contributed by atoms with van der Waals surface area (Å²) in [5, 5.41) is 0.105. The molecule has 1 aliphatic heterocycles. The van der Waals surface area contributed by atoms with Gasteiger partial charge in [0.15, 0.2) is 5.12 Å². The van der Waals surface area contributed by atoms with Gasteiger partial charge in [0.1, 0.15) is 10.4 Å². The second-order valence-electron chi connectivity index (χ2n) is 7.04. The number of hydrogen-bond acceptors (Lipinski definition) is 7. The average Bonchev–Trinajstić information content (AvgIpc) is 3.11. The Balaban J connectivity index is 1.63. The van der Waals surface area contributed by atoms with Crippen LogP contribution < -0.4 is 0 Å². The van der Waals surface area contributed by atoms with Crippen molar-refractivity contribution >= 4 is 57.1 Å². The summed E-state index contributed by atoms with van der Waals surface area (Å²) in [6.45, 7) is 0. The topological polar surface area (TPSA) is 63.7 Å². The van der Waals surface area contributed by atoms with Gasteiger partial charge in [0.05, 0.1) is 7.11 Å². The summed E-state index contributed by atoms with van der Waals surface area (Å²) in [4.78, 5) is 39.9. The van der Waals surface area contributed by atoms with Crippen molar-refractivity contribution in [3.8, 4) is 0 Å². The Hall–Kier alpha value is -1.64. The number of carbonyl (C=O) groups excluding carboxylic acids is 3. The van der Waals surface area contributed by atoms with Crippen molar-refractivity contribution in [3.63, 3.8) is 0 Å². The van der Waals surface area contributed by atoms with Gasteiger partial charge < -0.3 is 4.74 Å². The number of benzene rings is 1. The number of carbonyl (C=O) groups is 3. The van der Waals surface area contributed by atoms with Crippen LogP contribution in [0.25, 0.3) is 0 Å². The molecule has 1 fully saturated rings. The molecule has 1 saturated heterocycles. The third-order valence-electron chi connectivity index (χ3n) is 5.17. The van der Waals surface area contributed by atoms with Crippen LogP contribution in [0.5, 0.6) is 0 Å². The first-order valence-electron chi connectivity index (χ1n) is 9.47. The summed E-state index contributed by atoms with van der Waals surface area (Å²) in [5.41, 5.74) is 0. The molecule has 1 aliphatic carbocycles. The van der Waals surface area contributed by atoms with E-state index in [-0.39, 0.29) is 29.3 Å². The third-order valence-corrected chi connectivity index (χ3v) is 7.55. The van der Waals surface area contributed by atoms with Gasteiger partial charge in [-0.3, -0.25) is 14.5 Å². The fraction of sp³-hybridized carbons (Fsp3) is 0.429. The van der Waals surface area contributed by atoms with Gasteiger partial charge in [-0.25, -0.2) is 4.79 Å². The number of rotatable bonds is 6. The van der Waals surface area contributed by atoms with Crippen LogP contribution >= 0.6 is 35.7 Å². The first-order chi connectivity index (χ1) is 14.0. The number of hydrogen-bond donors (Lipinski definition) is 0. The molecule has 2 aliphatic rings. The van der Waals surface area contributed by atoms with Gasteiger partial charge in [0.25, 0.3) is 0 Å². The molecule has 0 aromatic heterocycles. The molecule has 8 heteroatoms. The average molecular weight is 450 g/mol. The first-order valence-corrected chi connectivity index (χ1v) is 11.7. The standard InChI is InChI=1S/C21H23NO4S3/c1-26-20(25)17-13-28-21(27)22(17)18(23)11-14-7-5-6-8-15(14)12-19(24)29-16-9-3-2-4-10-16/h2-6,9-10,14-15,17H,7-8,11-13H2,1H3/t14-,15+,17-/m0/s1. The number of esters is 1. The molecule has 1 aromatic carbocycles. The lowest BCUT2D eigenvalue weighted by molar-refractivity contribution is -0.148. The smallest absolute Gasteiger partial charge is 0.329 e. The van der Waals surface area contributed by atoms with E-state index >= 15 is 0 Å². The summed E-state index contributed by atoms with van der Waals surface area (Å²) >= 11 is 7.86. The monoisotopic (exact) mass is 449 g/mol. The molecule has 3 atom stereocenters. The predicted octanol–water partition coefficient (Wildman–Crippen LogP) is 4.07. The van der Waals surface area contributed by atoms with Crippen molar-refractivity contribution < 1.29 is 19.1 Å². The molecule has 0 saturated carbocycles. The molecule has 0 radical (unpaired) electrons. The molecule has 1 aromatic rings. The molecule has 154 valence electrons. The van der Waals surface area contributed by atoms with Crippen molar-refractivity contribution in [1.29, 1.82) is 0 Å². The molecular weight excluding hydrogens is 426 g/mol. The highest BCUT2D eigenvalue weighted by Gasteiger charge is 2.40. The zero-order valence-electron chi connectivity index (χ0n) is 16.1. The number of nitrogens with zero attached hydrogens (tertiary/aromatic N) is 1. The van der Waals surface area contributed by atoms with E-state index in [1.165, 1.54) is 35.5 Å². The van der Waals surface area contributed by atoms with Crippen molar-refractivity contribution in [3.05, 3.63) is 42.5 Å². The number of thiocarbonyl (C=S) groups is 1. The van der Waals surface area contributed by atoms with Crippen molar-refractivity contribution in [1.82, 2.24) is 4.90 Å². The van der Waals surface area contributed by atoms with Crippen LogP contribution in [0, 0.1) is 11.8 Å². The summed E-state index contributed by atoms with van der Waals surface area (Å²) in [5.74, 6) is -0.0195. The van der Waals surface area contributed by atoms with Gasteiger partial charge in [-0.2, -0.15) is 0 Å². The highest BCUT2D eigenvalue weighted by Crippen LogP contribution is 2.35. The quantitative estimate of drug-likeness (QED) is 0.281. The van der Waals surface area contributed by atoms with E-state index in [2.05, 4.69) is 12.2 Å². The maximum atomic E-state index is 13.0. The van der Waals surface area contributed by atoms with Crippen LogP contribution in [0.4, 0.5) is 0 Å². The van der Waals surface area contributed by atoms with Gasteiger partial charge in [-0.05, 0) is 36.8 Å². The normalized spacial score (nSPS) is 23.8. The Morgan fingerprint density at radius 1 is 1.14 bits per heavy atom. The second-order valence-corrected chi connectivity index (χ2v) is 9.82. The highest BCUT2D eigenvalue weighted by molar-refractivity contribution is 8.23. The summed E-state index contributed by atoms with van der Waals surface area (Å²) in [6, 6.07) is 8.93. The number of allylic oxidation sites excluding steroid dienone is 2. The molecule has 29 heavy (non-hydrogen) atoms. The zero-order valence-corrected chi connectivity index (χ0v) is 18.6. The Labute approximate surface area is 184 Å².